The minimum Gasteiger partial charge on any atom is -0.314 e. The van der Waals surface area contributed by atoms with Gasteiger partial charge in [-0.05, 0) is 46.2 Å². The molecule has 1 aliphatic rings. The van der Waals surface area contributed by atoms with Gasteiger partial charge in [-0.1, -0.05) is 13.8 Å². The van der Waals surface area contributed by atoms with E-state index in [-0.39, 0.29) is 0 Å². The lowest BCUT2D eigenvalue weighted by Gasteiger charge is -2.38. The molecular formula is C15H33N3. The molecule has 2 unspecified atom stereocenters. The molecule has 0 aromatic rings. The number of piperazine rings is 1. The Hall–Kier alpha value is -0.120. The largest absolute Gasteiger partial charge is 0.314 e. The normalized spacial score (nSPS) is 22.0. The molecule has 108 valence electrons. The lowest BCUT2D eigenvalue weighted by Crippen LogP contribution is -2.50. The van der Waals surface area contributed by atoms with Crippen LogP contribution in [-0.2, 0) is 0 Å². The van der Waals surface area contributed by atoms with Gasteiger partial charge in [-0.3, -0.25) is 4.90 Å². The fraction of sp³-hybridized carbons (Fsp3) is 1.00. The lowest BCUT2D eigenvalue weighted by atomic mass is 10.1. The molecule has 1 N–H and O–H groups in total. The summed E-state index contributed by atoms with van der Waals surface area (Å²) in [6, 6.07) is 1.36. The van der Waals surface area contributed by atoms with E-state index < -0.39 is 0 Å². The predicted octanol–water partition coefficient (Wildman–Crippen LogP) is 2.18. The molecule has 0 spiro atoms. The highest BCUT2D eigenvalue weighted by Gasteiger charge is 2.21. The molecule has 1 fully saturated rings. The van der Waals surface area contributed by atoms with Crippen molar-refractivity contribution in [1.82, 2.24) is 15.1 Å². The molecule has 0 amide bonds. The maximum Gasteiger partial charge on any atom is 0.0113 e. The summed E-state index contributed by atoms with van der Waals surface area (Å²) in [7, 11) is 0. The van der Waals surface area contributed by atoms with Crippen LogP contribution in [0.4, 0.5) is 0 Å². The van der Waals surface area contributed by atoms with Crippen LogP contribution < -0.4 is 5.32 Å². The molecule has 2 atom stereocenters. The second-order valence-electron chi connectivity index (χ2n) is 5.82. The summed E-state index contributed by atoms with van der Waals surface area (Å²) in [5, 5.41) is 3.59. The van der Waals surface area contributed by atoms with Crippen molar-refractivity contribution in [2.75, 3.05) is 39.3 Å². The smallest absolute Gasteiger partial charge is 0.0113 e. The van der Waals surface area contributed by atoms with E-state index in [1.807, 2.05) is 0 Å². The van der Waals surface area contributed by atoms with Crippen molar-refractivity contribution in [3.05, 3.63) is 0 Å². The van der Waals surface area contributed by atoms with Gasteiger partial charge in [0.1, 0.15) is 0 Å². The quantitative estimate of drug-likeness (QED) is 0.717. The monoisotopic (exact) mass is 255 g/mol. The highest BCUT2D eigenvalue weighted by molar-refractivity contribution is 4.78. The first kappa shape index (κ1) is 15.9. The summed E-state index contributed by atoms with van der Waals surface area (Å²) >= 11 is 0. The Morgan fingerprint density at radius 1 is 1.00 bits per heavy atom. The van der Waals surface area contributed by atoms with Crippen LogP contribution >= 0.6 is 0 Å². The number of hydrogen-bond acceptors (Lipinski definition) is 3. The molecule has 3 heteroatoms. The van der Waals surface area contributed by atoms with Gasteiger partial charge in [0.15, 0.2) is 0 Å². The zero-order chi connectivity index (χ0) is 13.4. The molecule has 1 aliphatic heterocycles. The van der Waals surface area contributed by atoms with E-state index in [0.29, 0.717) is 12.1 Å². The van der Waals surface area contributed by atoms with E-state index in [2.05, 4.69) is 42.8 Å². The molecule has 0 bridgehead atoms. The third kappa shape index (κ3) is 5.68. The summed E-state index contributed by atoms with van der Waals surface area (Å²) in [5.74, 6) is 0. The topological polar surface area (TPSA) is 18.5 Å². The van der Waals surface area contributed by atoms with E-state index >= 15 is 0 Å². The van der Waals surface area contributed by atoms with Gasteiger partial charge in [0.05, 0.1) is 0 Å². The van der Waals surface area contributed by atoms with E-state index in [1.165, 1.54) is 52.0 Å². The average Bonchev–Trinajstić information content (AvgIpc) is 2.37. The number of rotatable bonds is 8. The van der Waals surface area contributed by atoms with Crippen molar-refractivity contribution in [3.63, 3.8) is 0 Å². The molecule has 1 saturated heterocycles. The fourth-order valence-corrected chi connectivity index (χ4v) is 2.88. The van der Waals surface area contributed by atoms with Crippen LogP contribution in [0, 0.1) is 0 Å². The van der Waals surface area contributed by atoms with Crippen molar-refractivity contribution in [2.24, 2.45) is 0 Å². The van der Waals surface area contributed by atoms with Crippen molar-refractivity contribution >= 4 is 0 Å². The number of nitrogens with zero attached hydrogens (tertiary/aromatic N) is 2. The van der Waals surface area contributed by atoms with Gasteiger partial charge >= 0.3 is 0 Å². The van der Waals surface area contributed by atoms with E-state index in [9.17, 15) is 0 Å². The molecule has 0 aliphatic carbocycles. The SMILES string of the molecule is CCCNC(C)CC(C)N1CCN(CCC)CC1. The van der Waals surface area contributed by atoms with Crippen LogP contribution in [0.25, 0.3) is 0 Å². The highest BCUT2D eigenvalue weighted by Crippen LogP contribution is 2.11. The Morgan fingerprint density at radius 3 is 2.22 bits per heavy atom. The summed E-state index contributed by atoms with van der Waals surface area (Å²) in [4.78, 5) is 5.26. The minimum absolute atomic E-state index is 0.647. The van der Waals surface area contributed by atoms with Gasteiger partial charge in [-0.15, -0.1) is 0 Å². The molecule has 18 heavy (non-hydrogen) atoms. The summed E-state index contributed by atoms with van der Waals surface area (Å²) in [6.45, 7) is 16.7. The Kier molecular flexibility index (Phi) is 7.87. The zero-order valence-corrected chi connectivity index (χ0v) is 12.9. The maximum absolute atomic E-state index is 3.59. The Bertz CT molecular complexity index is 200. The highest BCUT2D eigenvalue weighted by atomic mass is 15.3. The Balaban J connectivity index is 2.20. The average molecular weight is 255 g/mol. The lowest BCUT2D eigenvalue weighted by molar-refractivity contribution is 0.0951. The van der Waals surface area contributed by atoms with Gasteiger partial charge in [-0.2, -0.15) is 0 Å². The minimum atomic E-state index is 0.647. The van der Waals surface area contributed by atoms with Crippen molar-refractivity contribution in [1.29, 1.82) is 0 Å². The van der Waals surface area contributed by atoms with Crippen LogP contribution in [-0.4, -0.2) is 61.2 Å². The zero-order valence-electron chi connectivity index (χ0n) is 12.9. The first-order valence-corrected chi connectivity index (χ1v) is 7.87. The van der Waals surface area contributed by atoms with Crippen LogP contribution in [0.3, 0.4) is 0 Å². The summed E-state index contributed by atoms with van der Waals surface area (Å²) in [6.07, 6.45) is 3.79. The van der Waals surface area contributed by atoms with E-state index in [1.54, 1.807) is 0 Å². The third-order valence-electron chi connectivity index (χ3n) is 4.01. The van der Waals surface area contributed by atoms with Crippen molar-refractivity contribution in [2.45, 2.75) is 59.0 Å². The van der Waals surface area contributed by atoms with Gasteiger partial charge in [0.25, 0.3) is 0 Å². The number of nitrogens with one attached hydrogen (secondary N) is 1. The van der Waals surface area contributed by atoms with Crippen molar-refractivity contribution < 1.29 is 0 Å². The predicted molar refractivity (Wildman–Crippen MR) is 80.1 cm³/mol. The van der Waals surface area contributed by atoms with Gasteiger partial charge in [0, 0.05) is 38.3 Å². The van der Waals surface area contributed by atoms with Crippen molar-refractivity contribution in [3.8, 4) is 0 Å². The van der Waals surface area contributed by atoms with Crippen LogP contribution in [0.2, 0.25) is 0 Å². The first-order chi connectivity index (χ1) is 8.67. The molecule has 1 heterocycles. The second kappa shape index (κ2) is 8.89. The molecule has 0 aromatic carbocycles. The molecular weight excluding hydrogens is 222 g/mol. The van der Waals surface area contributed by atoms with Gasteiger partial charge in [0.2, 0.25) is 0 Å². The molecule has 1 rings (SSSR count). The maximum atomic E-state index is 3.59. The fourth-order valence-electron chi connectivity index (χ4n) is 2.88. The third-order valence-corrected chi connectivity index (χ3v) is 4.01. The summed E-state index contributed by atoms with van der Waals surface area (Å²) < 4.78 is 0. The number of hydrogen-bond donors (Lipinski definition) is 1. The standard InChI is InChI=1S/C15H33N3/c1-5-7-16-14(3)13-15(4)18-11-9-17(8-6-2)10-12-18/h14-16H,5-13H2,1-4H3. The van der Waals surface area contributed by atoms with Gasteiger partial charge in [-0.25, -0.2) is 0 Å². The second-order valence-corrected chi connectivity index (χ2v) is 5.82. The van der Waals surface area contributed by atoms with Crippen LogP contribution in [0.5, 0.6) is 0 Å². The molecule has 0 saturated carbocycles. The van der Waals surface area contributed by atoms with E-state index in [4.69, 9.17) is 0 Å². The summed E-state index contributed by atoms with van der Waals surface area (Å²) in [5.41, 5.74) is 0. The Morgan fingerprint density at radius 2 is 1.67 bits per heavy atom. The molecule has 0 aromatic heterocycles. The van der Waals surface area contributed by atoms with Crippen LogP contribution in [0.1, 0.15) is 47.0 Å². The molecule has 3 nitrogen and oxygen atoms in total. The first-order valence-electron chi connectivity index (χ1n) is 7.87. The Labute approximate surface area is 114 Å². The van der Waals surface area contributed by atoms with Gasteiger partial charge < -0.3 is 10.2 Å². The molecule has 0 radical (unpaired) electrons. The van der Waals surface area contributed by atoms with E-state index in [0.717, 1.165) is 6.54 Å². The van der Waals surface area contributed by atoms with Crippen LogP contribution in [0.15, 0.2) is 0 Å².